The monoisotopic (exact) mass is 224 g/mol. The van der Waals surface area contributed by atoms with Crippen LogP contribution in [0, 0.1) is 11.6 Å². The van der Waals surface area contributed by atoms with Gasteiger partial charge < -0.3 is 0 Å². The second-order valence-corrected chi connectivity index (χ2v) is 3.54. The van der Waals surface area contributed by atoms with Crippen molar-refractivity contribution in [2.75, 3.05) is 6.26 Å². The molecule has 78 valence electrons. The Hall–Kier alpha value is -0.710. The number of halogens is 4. The molecule has 0 fully saturated rings. The molecule has 0 heterocycles. The van der Waals surface area contributed by atoms with Crippen molar-refractivity contribution in [2.24, 2.45) is 0 Å². The zero-order valence-corrected chi connectivity index (χ0v) is 8.18. The molecule has 0 saturated carbocycles. The van der Waals surface area contributed by atoms with Gasteiger partial charge >= 0.3 is 0 Å². The van der Waals surface area contributed by atoms with Crippen LogP contribution >= 0.6 is 11.8 Å². The Balaban J connectivity index is 3.12. The van der Waals surface area contributed by atoms with Crippen LogP contribution in [0.2, 0.25) is 0 Å². The summed E-state index contributed by atoms with van der Waals surface area (Å²) in [5, 5.41) is 0. The molecule has 1 rings (SSSR count). The zero-order valence-electron chi connectivity index (χ0n) is 7.36. The predicted molar refractivity (Wildman–Crippen MR) is 48.5 cm³/mol. The van der Waals surface area contributed by atoms with E-state index in [1.54, 1.807) is 6.26 Å². The molecule has 0 radical (unpaired) electrons. The Morgan fingerprint density at radius 1 is 1.21 bits per heavy atom. The first-order valence-electron chi connectivity index (χ1n) is 3.81. The minimum Gasteiger partial charge on any atom is -0.205 e. The summed E-state index contributed by atoms with van der Waals surface area (Å²) in [6.45, 7) is 0. The zero-order chi connectivity index (χ0) is 10.7. The SMILES string of the molecule is CSCc1ccc(C(F)F)c(F)c1F. The highest BCUT2D eigenvalue weighted by atomic mass is 32.2. The Labute approximate surface area is 83.3 Å². The molecule has 0 amide bonds. The standard InChI is InChI=1S/C9H8F4S/c1-14-4-5-2-3-6(9(12)13)8(11)7(5)10/h2-3,9H,4H2,1H3. The van der Waals surface area contributed by atoms with Gasteiger partial charge in [0, 0.05) is 11.3 Å². The van der Waals surface area contributed by atoms with Gasteiger partial charge in [-0.1, -0.05) is 6.07 Å². The molecule has 0 aromatic heterocycles. The lowest BCUT2D eigenvalue weighted by atomic mass is 10.1. The summed E-state index contributed by atoms with van der Waals surface area (Å²) in [4.78, 5) is 0. The van der Waals surface area contributed by atoms with E-state index in [2.05, 4.69) is 0 Å². The van der Waals surface area contributed by atoms with Crippen LogP contribution in [0.1, 0.15) is 17.6 Å². The lowest BCUT2D eigenvalue weighted by Crippen LogP contribution is -1.99. The highest BCUT2D eigenvalue weighted by Crippen LogP contribution is 2.26. The molecule has 1 aromatic rings. The first-order chi connectivity index (χ1) is 6.57. The minimum atomic E-state index is -2.98. The molecular weight excluding hydrogens is 216 g/mol. The smallest absolute Gasteiger partial charge is 0.205 e. The van der Waals surface area contributed by atoms with Gasteiger partial charge in [-0.15, -0.1) is 0 Å². The molecule has 1 aromatic carbocycles. The molecule has 0 unspecified atom stereocenters. The molecule has 0 aliphatic carbocycles. The quantitative estimate of drug-likeness (QED) is 0.704. The largest absolute Gasteiger partial charge is 0.266 e. The summed E-state index contributed by atoms with van der Waals surface area (Å²) in [6, 6.07) is 2.12. The average Bonchev–Trinajstić information content (AvgIpc) is 2.13. The van der Waals surface area contributed by atoms with Crippen molar-refractivity contribution in [3.63, 3.8) is 0 Å². The Bertz CT molecular complexity index is 325. The van der Waals surface area contributed by atoms with Crippen molar-refractivity contribution < 1.29 is 17.6 Å². The summed E-state index contributed by atoms with van der Waals surface area (Å²) in [6.07, 6.45) is -1.26. The maximum absolute atomic E-state index is 13.1. The lowest BCUT2D eigenvalue weighted by molar-refractivity contribution is 0.145. The third kappa shape index (κ3) is 2.20. The molecule has 0 bridgehead atoms. The van der Waals surface area contributed by atoms with E-state index in [1.807, 2.05) is 0 Å². The van der Waals surface area contributed by atoms with Crippen molar-refractivity contribution >= 4 is 11.8 Å². The van der Waals surface area contributed by atoms with Crippen LogP contribution in [0.25, 0.3) is 0 Å². The summed E-state index contributed by atoms with van der Waals surface area (Å²) < 4.78 is 50.3. The lowest BCUT2D eigenvalue weighted by Gasteiger charge is -2.06. The van der Waals surface area contributed by atoms with E-state index in [0.717, 1.165) is 6.07 Å². The van der Waals surface area contributed by atoms with Crippen molar-refractivity contribution in [2.45, 2.75) is 12.2 Å². The fourth-order valence-corrected chi connectivity index (χ4v) is 1.57. The third-order valence-electron chi connectivity index (χ3n) is 1.73. The predicted octanol–water partition coefficient (Wildman–Crippen LogP) is 3.77. The van der Waals surface area contributed by atoms with E-state index in [4.69, 9.17) is 0 Å². The second-order valence-electron chi connectivity index (χ2n) is 2.68. The number of hydrogen-bond acceptors (Lipinski definition) is 1. The molecule has 0 spiro atoms. The first kappa shape index (κ1) is 11.4. The van der Waals surface area contributed by atoms with Gasteiger partial charge in [0.15, 0.2) is 11.6 Å². The van der Waals surface area contributed by atoms with Crippen LogP contribution in [-0.2, 0) is 5.75 Å². The van der Waals surface area contributed by atoms with Crippen LogP contribution in [0.4, 0.5) is 17.6 Å². The molecule has 5 heteroatoms. The van der Waals surface area contributed by atoms with Crippen molar-refractivity contribution in [1.29, 1.82) is 0 Å². The molecule has 0 N–H and O–H groups in total. The molecular formula is C9H8F4S. The number of hydrogen-bond donors (Lipinski definition) is 0. The van der Waals surface area contributed by atoms with E-state index in [-0.39, 0.29) is 11.3 Å². The van der Waals surface area contributed by atoms with Crippen LogP contribution in [0.3, 0.4) is 0 Å². The maximum atomic E-state index is 13.1. The van der Waals surface area contributed by atoms with Gasteiger partial charge in [0.05, 0.1) is 5.56 Å². The topological polar surface area (TPSA) is 0 Å². The van der Waals surface area contributed by atoms with E-state index >= 15 is 0 Å². The Kier molecular flexibility index (Phi) is 3.80. The van der Waals surface area contributed by atoms with Crippen LogP contribution < -0.4 is 0 Å². The van der Waals surface area contributed by atoms with Crippen LogP contribution in [-0.4, -0.2) is 6.26 Å². The number of thioether (sulfide) groups is 1. The second kappa shape index (κ2) is 4.68. The first-order valence-corrected chi connectivity index (χ1v) is 5.21. The number of alkyl halides is 2. The average molecular weight is 224 g/mol. The maximum Gasteiger partial charge on any atom is 0.266 e. The Morgan fingerprint density at radius 2 is 1.86 bits per heavy atom. The van der Waals surface area contributed by atoms with Crippen molar-refractivity contribution in [3.05, 3.63) is 34.9 Å². The molecule has 14 heavy (non-hydrogen) atoms. The van der Waals surface area contributed by atoms with E-state index < -0.39 is 23.6 Å². The van der Waals surface area contributed by atoms with Gasteiger partial charge in [0.2, 0.25) is 0 Å². The van der Waals surface area contributed by atoms with Gasteiger partial charge in [0.25, 0.3) is 6.43 Å². The Morgan fingerprint density at radius 3 is 2.36 bits per heavy atom. The molecule has 0 atom stereocenters. The van der Waals surface area contributed by atoms with Crippen LogP contribution in [0.15, 0.2) is 12.1 Å². The number of benzene rings is 1. The highest BCUT2D eigenvalue weighted by molar-refractivity contribution is 7.97. The molecule has 0 aliphatic rings. The van der Waals surface area contributed by atoms with Gasteiger partial charge in [-0.2, -0.15) is 11.8 Å². The minimum absolute atomic E-state index is 0.111. The molecule has 0 nitrogen and oxygen atoms in total. The highest BCUT2D eigenvalue weighted by Gasteiger charge is 2.18. The van der Waals surface area contributed by atoms with Gasteiger partial charge in [0.1, 0.15) is 0 Å². The normalized spacial score (nSPS) is 11.0. The van der Waals surface area contributed by atoms with Gasteiger partial charge in [-0.25, -0.2) is 17.6 Å². The van der Waals surface area contributed by atoms with E-state index in [9.17, 15) is 17.6 Å². The van der Waals surface area contributed by atoms with E-state index in [0.29, 0.717) is 0 Å². The molecule has 0 aliphatic heterocycles. The third-order valence-corrected chi connectivity index (χ3v) is 2.33. The summed E-state index contributed by atoms with van der Waals surface area (Å²) in [7, 11) is 0. The fourth-order valence-electron chi connectivity index (χ4n) is 1.04. The van der Waals surface area contributed by atoms with Gasteiger partial charge in [-0.3, -0.25) is 0 Å². The summed E-state index contributed by atoms with van der Waals surface area (Å²) in [5.74, 6) is -2.34. The summed E-state index contributed by atoms with van der Waals surface area (Å²) >= 11 is 1.30. The van der Waals surface area contributed by atoms with Gasteiger partial charge in [-0.05, 0) is 12.3 Å². The van der Waals surface area contributed by atoms with Crippen molar-refractivity contribution in [3.8, 4) is 0 Å². The summed E-state index contributed by atoms with van der Waals surface area (Å²) in [5.41, 5.74) is -0.772. The van der Waals surface area contributed by atoms with E-state index in [1.165, 1.54) is 17.8 Å². The number of rotatable bonds is 3. The van der Waals surface area contributed by atoms with Crippen LogP contribution in [0.5, 0.6) is 0 Å². The van der Waals surface area contributed by atoms with Crippen molar-refractivity contribution in [1.82, 2.24) is 0 Å². The fraction of sp³-hybridized carbons (Fsp3) is 0.333. The molecule has 0 saturated heterocycles.